The van der Waals surface area contributed by atoms with Gasteiger partial charge in [-0.3, -0.25) is 9.59 Å². The number of carbonyl (C=O) groups is 2. The van der Waals surface area contributed by atoms with E-state index in [9.17, 15) is 9.59 Å². The van der Waals surface area contributed by atoms with Crippen LogP contribution in [0.4, 0.5) is 0 Å². The van der Waals surface area contributed by atoms with E-state index < -0.39 is 5.41 Å². The molecule has 134 valence electrons. The van der Waals surface area contributed by atoms with Crippen molar-refractivity contribution in [3.05, 3.63) is 0 Å². The summed E-state index contributed by atoms with van der Waals surface area (Å²) >= 11 is 0. The van der Waals surface area contributed by atoms with Crippen molar-refractivity contribution in [2.24, 2.45) is 17.1 Å². The number of nitrogens with two attached hydrogens (primary N) is 1. The molecule has 0 saturated heterocycles. The lowest BCUT2D eigenvalue weighted by Gasteiger charge is -2.31. The van der Waals surface area contributed by atoms with Gasteiger partial charge in [-0.1, -0.05) is 39.5 Å². The molecule has 0 aliphatic heterocycles. The highest BCUT2D eigenvalue weighted by Crippen LogP contribution is 2.44. The van der Waals surface area contributed by atoms with Gasteiger partial charge in [-0.05, 0) is 32.1 Å². The molecule has 1 saturated carbocycles. The molecule has 5 heteroatoms. The number of ether oxygens (including phenoxy) is 1. The molecule has 0 bridgehead atoms. The number of hydrogen-bond acceptors (Lipinski definition) is 4. The van der Waals surface area contributed by atoms with Crippen LogP contribution in [0.2, 0.25) is 0 Å². The molecule has 1 rings (SSSR count). The van der Waals surface area contributed by atoms with Gasteiger partial charge in [-0.25, -0.2) is 0 Å². The minimum atomic E-state index is -0.404. The molecule has 1 atom stereocenters. The first kappa shape index (κ1) is 19.9. The zero-order valence-corrected chi connectivity index (χ0v) is 14.9. The van der Waals surface area contributed by atoms with Gasteiger partial charge in [0.2, 0.25) is 5.91 Å². The lowest BCUT2D eigenvalue weighted by molar-refractivity contribution is -0.151. The molecular formula is C18H34N2O3. The van der Waals surface area contributed by atoms with Crippen LogP contribution in [0.3, 0.4) is 0 Å². The number of hydrogen-bond donors (Lipinski definition) is 2. The molecule has 0 spiro atoms. The van der Waals surface area contributed by atoms with E-state index in [1.165, 1.54) is 0 Å². The second-order valence-electron chi connectivity index (χ2n) is 6.74. The standard InChI is InChI=1S/C18H34N2O3/c1-3-5-13-23-16(21)15(8-4-2)14-18(9-6-7-10-18)17(22)20-12-11-19/h15H,3-14,19H2,1-2H3,(H,20,22). The van der Waals surface area contributed by atoms with Gasteiger partial charge in [-0.2, -0.15) is 0 Å². The summed E-state index contributed by atoms with van der Waals surface area (Å²) in [6.07, 6.45) is 8.08. The average molecular weight is 326 g/mol. The quantitative estimate of drug-likeness (QED) is 0.452. The van der Waals surface area contributed by atoms with E-state index in [0.29, 0.717) is 26.1 Å². The second-order valence-corrected chi connectivity index (χ2v) is 6.74. The molecule has 1 unspecified atom stereocenters. The third-order valence-electron chi connectivity index (χ3n) is 4.82. The summed E-state index contributed by atoms with van der Waals surface area (Å²) in [6, 6.07) is 0. The normalized spacial score (nSPS) is 17.7. The Hall–Kier alpha value is -1.10. The molecule has 3 N–H and O–H groups in total. The number of esters is 1. The molecule has 1 aliphatic rings. The molecule has 0 aromatic carbocycles. The van der Waals surface area contributed by atoms with Crippen molar-refractivity contribution in [3.8, 4) is 0 Å². The number of unbranched alkanes of at least 4 members (excludes halogenated alkanes) is 1. The van der Waals surface area contributed by atoms with Crippen molar-refractivity contribution < 1.29 is 14.3 Å². The molecule has 0 aromatic rings. The Kier molecular flexibility index (Phi) is 9.22. The lowest BCUT2D eigenvalue weighted by atomic mass is 9.75. The van der Waals surface area contributed by atoms with Gasteiger partial charge >= 0.3 is 5.97 Å². The van der Waals surface area contributed by atoms with Crippen LogP contribution in [0, 0.1) is 11.3 Å². The smallest absolute Gasteiger partial charge is 0.308 e. The van der Waals surface area contributed by atoms with Gasteiger partial charge < -0.3 is 15.8 Å². The summed E-state index contributed by atoms with van der Waals surface area (Å²) in [7, 11) is 0. The topological polar surface area (TPSA) is 81.4 Å². The highest BCUT2D eigenvalue weighted by atomic mass is 16.5. The largest absolute Gasteiger partial charge is 0.465 e. The maximum atomic E-state index is 12.6. The van der Waals surface area contributed by atoms with E-state index in [1.54, 1.807) is 0 Å². The average Bonchev–Trinajstić information content (AvgIpc) is 3.02. The van der Waals surface area contributed by atoms with Crippen molar-refractivity contribution in [1.29, 1.82) is 0 Å². The number of amides is 1. The van der Waals surface area contributed by atoms with E-state index in [-0.39, 0.29) is 17.8 Å². The Morgan fingerprint density at radius 3 is 2.48 bits per heavy atom. The maximum Gasteiger partial charge on any atom is 0.308 e. The van der Waals surface area contributed by atoms with Gasteiger partial charge in [0.05, 0.1) is 12.5 Å². The zero-order chi connectivity index (χ0) is 17.1. The van der Waals surface area contributed by atoms with Crippen LogP contribution in [0.1, 0.15) is 71.6 Å². The van der Waals surface area contributed by atoms with Crippen molar-refractivity contribution in [2.45, 2.75) is 71.6 Å². The molecule has 0 heterocycles. The van der Waals surface area contributed by atoms with Gasteiger partial charge in [0.15, 0.2) is 0 Å². The summed E-state index contributed by atoms with van der Waals surface area (Å²) in [4.78, 5) is 25.0. The molecule has 23 heavy (non-hydrogen) atoms. The Bertz CT molecular complexity index is 365. The van der Waals surface area contributed by atoms with Crippen molar-refractivity contribution in [1.82, 2.24) is 5.32 Å². The third-order valence-corrected chi connectivity index (χ3v) is 4.82. The van der Waals surface area contributed by atoms with E-state index in [4.69, 9.17) is 10.5 Å². The maximum absolute atomic E-state index is 12.6. The van der Waals surface area contributed by atoms with Crippen LogP contribution < -0.4 is 11.1 Å². The zero-order valence-electron chi connectivity index (χ0n) is 14.9. The van der Waals surface area contributed by atoms with E-state index in [0.717, 1.165) is 51.4 Å². The Labute approximate surface area is 140 Å². The van der Waals surface area contributed by atoms with Crippen molar-refractivity contribution in [2.75, 3.05) is 19.7 Å². The SMILES string of the molecule is CCCCOC(=O)C(CCC)CC1(C(=O)NCCN)CCCC1. The van der Waals surface area contributed by atoms with Gasteiger partial charge in [0.1, 0.15) is 0 Å². The predicted molar refractivity (Wildman–Crippen MR) is 91.8 cm³/mol. The molecule has 0 radical (unpaired) electrons. The van der Waals surface area contributed by atoms with Crippen LogP contribution in [-0.2, 0) is 14.3 Å². The number of nitrogens with one attached hydrogen (secondary N) is 1. The lowest BCUT2D eigenvalue weighted by Crippen LogP contribution is -2.43. The molecule has 5 nitrogen and oxygen atoms in total. The molecule has 1 fully saturated rings. The van der Waals surface area contributed by atoms with Crippen molar-refractivity contribution in [3.63, 3.8) is 0 Å². The van der Waals surface area contributed by atoms with Crippen LogP contribution in [0.5, 0.6) is 0 Å². The minimum absolute atomic E-state index is 0.0721. The van der Waals surface area contributed by atoms with Crippen LogP contribution >= 0.6 is 0 Å². The minimum Gasteiger partial charge on any atom is -0.465 e. The third kappa shape index (κ3) is 6.13. The highest BCUT2D eigenvalue weighted by Gasteiger charge is 2.43. The first-order chi connectivity index (χ1) is 11.1. The van der Waals surface area contributed by atoms with E-state index in [1.807, 2.05) is 0 Å². The molecule has 0 aromatic heterocycles. The summed E-state index contributed by atoms with van der Waals surface area (Å²) in [5.41, 5.74) is 5.09. The Balaban J connectivity index is 2.72. The molecular weight excluding hydrogens is 292 g/mol. The highest BCUT2D eigenvalue weighted by molar-refractivity contribution is 5.84. The fourth-order valence-corrected chi connectivity index (χ4v) is 3.51. The van der Waals surface area contributed by atoms with E-state index in [2.05, 4.69) is 19.2 Å². The summed E-state index contributed by atoms with van der Waals surface area (Å²) in [6.45, 7) is 5.58. The first-order valence-electron chi connectivity index (χ1n) is 9.24. The second kappa shape index (κ2) is 10.6. The van der Waals surface area contributed by atoms with Crippen molar-refractivity contribution >= 4 is 11.9 Å². The monoisotopic (exact) mass is 326 g/mol. The Morgan fingerprint density at radius 1 is 1.22 bits per heavy atom. The van der Waals surface area contributed by atoms with Gasteiger partial charge in [-0.15, -0.1) is 0 Å². The summed E-state index contributed by atoms with van der Waals surface area (Å²) in [5.74, 6) is -0.223. The van der Waals surface area contributed by atoms with Crippen LogP contribution in [0.15, 0.2) is 0 Å². The number of rotatable bonds is 11. The van der Waals surface area contributed by atoms with Gasteiger partial charge in [0.25, 0.3) is 0 Å². The van der Waals surface area contributed by atoms with Crippen LogP contribution in [0.25, 0.3) is 0 Å². The summed E-state index contributed by atoms with van der Waals surface area (Å²) < 4.78 is 5.42. The Morgan fingerprint density at radius 2 is 1.91 bits per heavy atom. The van der Waals surface area contributed by atoms with Gasteiger partial charge in [0, 0.05) is 18.5 Å². The first-order valence-corrected chi connectivity index (χ1v) is 9.24. The predicted octanol–water partition coefficient (Wildman–Crippen LogP) is 2.77. The fourth-order valence-electron chi connectivity index (χ4n) is 3.51. The molecule has 1 aliphatic carbocycles. The van der Waals surface area contributed by atoms with E-state index >= 15 is 0 Å². The fraction of sp³-hybridized carbons (Fsp3) is 0.889. The number of carbonyl (C=O) groups excluding carboxylic acids is 2. The molecule has 1 amide bonds. The van der Waals surface area contributed by atoms with Crippen LogP contribution in [-0.4, -0.2) is 31.6 Å². The summed E-state index contributed by atoms with van der Waals surface area (Å²) in [5, 5.41) is 2.94.